The zero-order valence-electron chi connectivity index (χ0n) is 20.7. The molecule has 0 atom stereocenters. The second kappa shape index (κ2) is 9.97. The Kier molecular flexibility index (Phi) is 7.45. The van der Waals surface area contributed by atoms with Crippen LogP contribution in [-0.2, 0) is 22.4 Å². The van der Waals surface area contributed by atoms with Gasteiger partial charge in [-0.05, 0) is 66.0 Å². The zero-order valence-corrected chi connectivity index (χ0v) is 20.7. The molecule has 9 heteroatoms. The number of ether oxygens (including phenoxy) is 2. The number of nitrogen functional groups attached to an aromatic ring is 1. The molecule has 3 heterocycles. The summed E-state index contributed by atoms with van der Waals surface area (Å²) >= 11 is 0. The monoisotopic (exact) mass is 472 g/mol. The number of hydrogen-bond acceptors (Lipinski definition) is 7. The van der Waals surface area contributed by atoms with Gasteiger partial charge < -0.3 is 20.3 Å². The van der Waals surface area contributed by atoms with E-state index in [0.717, 1.165) is 24.0 Å². The molecular formula is C25H33FN4O4. The molecule has 1 aromatic carbocycles. The summed E-state index contributed by atoms with van der Waals surface area (Å²) in [5.41, 5.74) is 10.2. The van der Waals surface area contributed by atoms with Gasteiger partial charge in [-0.25, -0.2) is 13.9 Å². The minimum atomic E-state index is -0.500. The van der Waals surface area contributed by atoms with Crippen LogP contribution in [0, 0.1) is 19.7 Å². The minimum Gasteiger partial charge on any atom is -0.490 e. The summed E-state index contributed by atoms with van der Waals surface area (Å²) in [6.45, 7) is 11.5. The van der Waals surface area contributed by atoms with E-state index < -0.39 is 11.4 Å². The van der Waals surface area contributed by atoms with Crippen LogP contribution in [0.2, 0.25) is 0 Å². The van der Waals surface area contributed by atoms with Gasteiger partial charge in [0.15, 0.2) is 17.2 Å². The van der Waals surface area contributed by atoms with E-state index in [2.05, 4.69) is 10.1 Å². The number of halogens is 1. The zero-order chi connectivity index (χ0) is 25.2. The third kappa shape index (κ3) is 5.64. The first kappa shape index (κ1) is 25.4. The lowest BCUT2D eigenvalue weighted by Crippen LogP contribution is -2.15. The second-order valence-corrected chi connectivity index (χ2v) is 9.31. The molecule has 1 aliphatic heterocycles. The molecule has 0 saturated heterocycles. The molecule has 0 amide bonds. The van der Waals surface area contributed by atoms with Crippen LogP contribution >= 0.6 is 0 Å². The van der Waals surface area contributed by atoms with Crippen LogP contribution < -0.4 is 10.5 Å². The van der Waals surface area contributed by atoms with Crippen molar-refractivity contribution in [3.8, 4) is 17.0 Å². The van der Waals surface area contributed by atoms with Crippen molar-refractivity contribution in [3.63, 3.8) is 0 Å². The van der Waals surface area contributed by atoms with E-state index in [1.807, 2.05) is 13.8 Å². The number of carbonyl (C=O) groups excluding carboxylic acids is 1. The first-order chi connectivity index (χ1) is 15.9. The van der Waals surface area contributed by atoms with Crippen LogP contribution in [0.25, 0.3) is 16.9 Å². The van der Waals surface area contributed by atoms with E-state index in [1.165, 1.54) is 6.07 Å². The van der Waals surface area contributed by atoms with Crippen LogP contribution in [0.4, 0.5) is 10.2 Å². The Balaban J connectivity index is 0.000000588. The normalized spacial score (nSPS) is 13.1. The Morgan fingerprint density at radius 3 is 2.65 bits per heavy atom. The Bertz CT molecular complexity index is 1210. The van der Waals surface area contributed by atoms with E-state index in [9.17, 15) is 9.18 Å². The molecule has 1 aliphatic rings. The van der Waals surface area contributed by atoms with Crippen molar-refractivity contribution in [2.24, 2.45) is 0 Å². The molecule has 34 heavy (non-hydrogen) atoms. The number of benzene rings is 1. The van der Waals surface area contributed by atoms with E-state index in [1.54, 1.807) is 38.3 Å². The fourth-order valence-electron chi connectivity index (χ4n) is 3.92. The molecule has 2 aromatic heterocycles. The highest BCUT2D eigenvalue weighted by atomic mass is 19.1. The number of hydrogen-bond donors (Lipinski definition) is 2. The van der Waals surface area contributed by atoms with Gasteiger partial charge in [0, 0.05) is 28.5 Å². The predicted molar refractivity (Wildman–Crippen MR) is 128 cm³/mol. The topological polar surface area (TPSA) is 112 Å². The number of nitrogens with two attached hydrogens (primary N) is 1. The van der Waals surface area contributed by atoms with Crippen molar-refractivity contribution < 1.29 is 23.8 Å². The summed E-state index contributed by atoms with van der Waals surface area (Å²) in [6, 6.07) is 3.10. The van der Waals surface area contributed by atoms with Gasteiger partial charge in [-0.2, -0.15) is 0 Å². The van der Waals surface area contributed by atoms with Crippen LogP contribution in [0.1, 0.15) is 56.5 Å². The van der Waals surface area contributed by atoms with Crippen molar-refractivity contribution in [1.82, 2.24) is 14.6 Å². The summed E-state index contributed by atoms with van der Waals surface area (Å²) < 4.78 is 27.2. The molecule has 0 bridgehead atoms. The highest BCUT2D eigenvalue weighted by molar-refractivity contribution is 5.80. The Hall–Kier alpha value is -3.20. The molecule has 3 aromatic rings. The summed E-state index contributed by atoms with van der Waals surface area (Å²) in [5.74, 6) is -0.194. The maximum Gasteiger partial charge on any atom is 0.310 e. The average molecular weight is 473 g/mol. The molecule has 8 nitrogen and oxygen atoms in total. The minimum absolute atomic E-state index is 0.00630. The van der Waals surface area contributed by atoms with Crippen LogP contribution in [0.3, 0.4) is 0 Å². The first-order valence-corrected chi connectivity index (χ1v) is 11.4. The molecule has 0 radical (unpaired) electrons. The lowest BCUT2D eigenvalue weighted by atomic mass is 9.91. The van der Waals surface area contributed by atoms with E-state index in [-0.39, 0.29) is 19.0 Å². The molecule has 0 fully saturated rings. The van der Waals surface area contributed by atoms with Crippen molar-refractivity contribution in [2.45, 2.75) is 66.4 Å². The molecule has 3 N–H and O–H groups in total. The average Bonchev–Trinajstić information content (AvgIpc) is 3.10. The molecule has 0 spiro atoms. The van der Waals surface area contributed by atoms with Gasteiger partial charge in [0.25, 0.3) is 0 Å². The number of aliphatic hydroxyl groups is 1. The third-order valence-electron chi connectivity index (χ3n) is 5.24. The molecule has 0 unspecified atom stereocenters. The van der Waals surface area contributed by atoms with E-state index in [4.69, 9.17) is 20.3 Å². The Labute approximate surface area is 198 Å². The maximum absolute atomic E-state index is 14.9. The van der Waals surface area contributed by atoms with Gasteiger partial charge in [-0.3, -0.25) is 4.79 Å². The van der Waals surface area contributed by atoms with Gasteiger partial charge in [0.1, 0.15) is 5.82 Å². The largest absolute Gasteiger partial charge is 0.490 e. The number of anilines is 1. The van der Waals surface area contributed by atoms with Crippen LogP contribution in [0.15, 0.2) is 12.1 Å². The summed E-state index contributed by atoms with van der Waals surface area (Å²) in [7, 11) is 0. The Morgan fingerprint density at radius 1 is 1.32 bits per heavy atom. The maximum atomic E-state index is 14.9. The van der Waals surface area contributed by atoms with Gasteiger partial charge in [0.2, 0.25) is 0 Å². The van der Waals surface area contributed by atoms with Crippen LogP contribution in [-0.4, -0.2) is 44.5 Å². The number of aryl methyl sites for hydroxylation is 1. The fraction of sp³-hybridized carbons (Fsp3) is 0.480. The molecule has 4 rings (SSSR count). The van der Waals surface area contributed by atoms with Gasteiger partial charge >= 0.3 is 5.97 Å². The molecule has 0 saturated carbocycles. The summed E-state index contributed by atoms with van der Waals surface area (Å²) in [5, 5.41) is 12.9. The van der Waals surface area contributed by atoms with Crippen molar-refractivity contribution in [1.29, 1.82) is 0 Å². The number of esters is 1. The SMILES string of the molecule is CC(C)(C)O.CCOC(=O)Cc1c(C)nc2cc(N)nn2c1-c1cc(F)c2c(c1C)CCCO2. The number of aromatic nitrogens is 3. The fourth-order valence-corrected chi connectivity index (χ4v) is 3.92. The van der Waals surface area contributed by atoms with Gasteiger partial charge in [0.05, 0.1) is 30.9 Å². The van der Waals surface area contributed by atoms with Gasteiger partial charge in [-0.1, -0.05) is 0 Å². The second-order valence-electron chi connectivity index (χ2n) is 9.31. The molecule has 0 aliphatic carbocycles. The highest BCUT2D eigenvalue weighted by Crippen LogP contribution is 2.39. The van der Waals surface area contributed by atoms with Crippen LogP contribution in [0.5, 0.6) is 5.75 Å². The number of rotatable bonds is 4. The summed E-state index contributed by atoms with van der Waals surface area (Å²) in [6.07, 6.45) is 1.56. The van der Waals surface area contributed by atoms with Crippen molar-refractivity contribution in [2.75, 3.05) is 18.9 Å². The first-order valence-electron chi connectivity index (χ1n) is 11.4. The molecular weight excluding hydrogens is 439 g/mol. The lowest BCUT2D eigenvalue weighted by Gasteiger charge is -2.23. The van der Waals surface area contributed by atoms with E-state index in [0.29, 0.717) is 46.3 Å². The lowest BCUT2D eigenvalue weighted by molar-refractivity contribution is -0.142. The quantitative estimate of drug-likeness (QED) is 0.553. The smallest absolute Gasteiger partial charge is 0.310 e. The van der Waals surface area contributed by atoms with E-state index >= 15 is 0 Å². The number of fused-ring (bicyclic) bond motifs is 2. The highest BCUT2D eigenvalue weighted by Gasteiger charge is 2.26. The third-order valence-corrected chi connectivity index (χ3v) is 5.24. The predicted octanol–water partition coefficient (Wildman–Crippen LogP) is 3.94. The molecule has 184 valence electrons. The van der Waals surface area contributed by atoms with Crippen molar-refractivity contribution in [3.05, 3.63) is 40.3 Å². The summed E-state index contributed by atoms with van der Waals surface area (Å²) in [4.78, 5) is 16.8. The Morgan fingerprint density at radius 2 is 2.00 bits per heavy atom. The standard InChI is InChI=1S/C21H23FN4O3.C4H10O/c1-4-28-19(27)9-15-12(3)24-18-10-17(23)25-26(18)20(15)14-8-16(22)21-13(11(14)2)6-5-7-29-21;1-4(2,3)5/h8,10H,4-7,9H2,1-3H3,(H2,23,25);5H,1-3H3. The number of carbonyl (C=O) groups is 1. The van der Waals surface area contributed by atoms with Gasteiger partial charge in [-0.15, -0.1) is 5.10 Å². The van der Waals surface area contributed by atoms with Crippen molar-refractivity contribution >= 4 is 17.4 Å². The number of nitrogens with zero attached hydrogens (tertiary/aromatic N) is 3.